The lowest BCUT2D eigenvalue weighted by Crippen LogP contribution is -2.34. The van der Waals surface area contributed by atoms with Gasteiger partial charge in [-0.15, -0.1) is 0 Å². The van der Waals surface area contributed by atoms with E-state index < -0.39 is 5.60 Å². The predicted octanol–water partition coefficient (Wildman–Crippen LogP) is 2.76. The summed E-state index contributed by atoms with van der Waals surface area (Å²) in [6.45, 7) is 7.68. The molecular weight excluding hydrogens is 226 g/mol. The molecule has 0 radical (unpaired) electrons. The Morgan fingerprint density at radius 3 is 2.28 bits per heavy atom. The van der Waals surface area contributed by atoms with E-state index in [0.29, 0.717) is 0 Å². The van der Waals surface area contributed by atoms with Crippen LogP contribution >= 0.6 is 0 Å². The van der Waals surface area contributed by atoms with E-state index >= 15 is 0 Å². The molecule has 1 aliphatic carbocycles. The summed E-state index contributed by atoms with van der Waals surface area (Å²) in [5.41, 5.74) is 7.97. The monoisotopic (exact) mass is 247 g/mol. The Morgan fingerprint density at radius 1 is 1.22 bits per heavy atom. The molecule has 0 fully saturated rings. The second-order valence-corrected chi connectivity index (χ2v) is 6.00. The van der Waals surface area contributed by atoms with Crippen molar-refractivity contribution in [2.24, 2.45) is 11.7 Å². The second kappa shape index (κ2) is 4.39. The molecule has 3 heteroatoms. The topological polar surface area (TPSA) is 52.3 Å². The summed E-state index contributed by atoms with van der Waals surface area (Å²) < 4.78 is 5.47. The average Bonchev–Trinajstić information content (AvgIpc) is 2.50. The Morgan fingerprint density at radius 2 is 1.78 bits per heavy atom. The zero-order valence-electron chi connectivity index (χ0n) is 11.4. The van der Waals surface area contributed by atoms with Crippen molar-refractivity contribution in [2.45, 2.75) is 45.3 Å². The molecule has 0 heterocycles. The molecule has 2 N–H and O–H groups in total. The standard InChI is InChI=1S/C15H21NO2/c1-9-10-7-5-6-8-11(10)13(16)12(9)14(17)18-15(2,3)4/h5-9,12-13H,16H2,1-4H3/t9?,12-,13+/m0/s1. The van der Waals surface area contributed by atoms with Crippen molar-refractivity contribution in [3.05, 3.63) is 35.4 Å². The van der Waals surface area contributed by atoms with Gasteiger partial charge in [0, 0.05) is 6.04 Å². The number of benzene rings is 1. The maximum atomic E-state index is 12.2. The van der Waals surface area contributed by atoms with Gasteiger partial charge in [-0.3, -0.25) is 4.79 Å². The molecule has 0 bridgehead atoms. The van der Waals surface area contributed by atoms with Crippen molar-refractivity contribution in [1.82, 2.24) is 0 Å². The highest BCUT2D eigenvalue weighted by atomic mass is 16.6. The van der Waals surface area contributed by atoms with Gasteiger partial charge in [-0.05, 0) is 37.8 Å². The molecule has 1 aliphatic rings. The van der Waals surface area contributed by atoms with Crippen LogP contribution in [0, 0.1) is 5.92 Å². The fraction of sp³-hybridized carbons (Fsp3) is 0.533. The summed E-state index contributed by atoms with van der Waals surface area (Å²) in [5, 5.41) is 0. The Kier molecular flexibility index (Phi) is 3.20. The molecule has 0 amide bonds. The third kappa shape index (κ3) is 2.27. The van der Waals surface area contributed by atoms with Gasteiger partial charge in [-0.25, -0.2) is 0 Å². The fourth-order valence-electron chi connectivity index (χ4n) is 2.65. The summed E-state index contributed by atoms with van der Waals surface area (Å²) >= 11 is 0. The van der Waals surface area contributed by atoms with Gasteiger partial charge in [0.15, 0.2) is 0 Å². The van der Waals surface area contributed by atoms with Gasteiger partial charge in [0.05, 0.1) is 5.92 Å². The van der Waals surface area contributed by atoms with Crippen molar-refractivity contribution in [3.8, 4) is 0 Å². The van der Waals surface area contributed by atoms with Crippen LogP contribution in [0.2, 0.25) is 0 Å². The van der Waals surface area contributed by atoms with Crippen LogP contribution in [0.1, 0.15) is 50.8 Å². The number of rotatable bonds is 1. The maximum Gasteiger partial charge on any atom is 0.312 e. The Bertz CT molecular complexity index is 433. The summed E-state index contributed by atoms with van der Waals surface area (Å²) in [5.74, 6) is -0.355. The normalized spacial score (nSPS) is 26.8. The zero-order chi connectivity index (χ0) is 13.5. The van der Waals surface area contributed by atoms with E-state index in [1.165, 1.54) is 5.56 Å². The number of carbonyl (C=O) groups excluding carboxylic acids is 1. The lowest BCUT2D eigenvalue weighted by atomic mass is 9.92. The van der Waals surface area contributed by atoms with E-state index in [9.17, 15) is 4.79 Å². The number of esters is 1. The summed E-state index contributed by atoms with van der Waals surface area (Å²) in [7, 11) is 0. The van der Waals surface area contributed by atoms with E-state index in [1.54, 1.807) is 0 Å². The van der Waals surface area contributed by atoms with E-state index in [2.05, 4.69) is 0 Å². The van der Waals surface area contributed by atoms with Gasteiger partial charge in [-0.1, -0.05) is 31.2 Å². The summed E-state index contributed by atoms with van der Waals surface area (Å²) in [6, 6.07) is 7.74. The van der Waals surface area contributed by atoms with Crippen LogP contribution in [-0.4, -0.2) is 11.6 Å². The van der Waals surface area contributed by atoms with E-state index in [1.807, 2.05) is 52.0 Å². The van der Waals surface area contributed by atoms with Crippen LogP contribution in [-0.2, 0) is 9.53 Å². The quantitative estimate of drug-likeness (QED) is 0.776. The molecule has 1 unspecified atom stereocenters. The number of carbonyl (C=O) groups is 1. The zero-order valence-corrected chi connectivity index (χ0v) is 11.4. The first-order valence-electron chi connectivity index (χ1n) is 6.38. The molecule has 1 aromatic rings. The van der Waals surface area contributed by atoms with Crippen molar-refractivity contribution < 1.29 is 9.53 Å². The minimum Gasteiger partial charge on any atom is -0.460 e. The van der Waals surface area contributed by atoms with E-state index in [0.717, 1.165) is 5.56 Å². The number of nitrogens with two attached hydrogens (primary N) is 1. The molecule has 3 nitrogen and oxygen atoms in total. The Balaban J connectivity index is 2.25. The minimum absolute atomic E-state index is 0.117. The molecule has 18 heavy (non-hydrogen) atoms. The average molecular weight is 247 g/mol. The van der Waals surface area contributed by atoms with E-state index in [4.69, 9.17) is 10.5 Å². The Labute approximate surface area is 108 Å². The summed E-state index contributed by atoms with van der Waals surface area (Å²) in [4.78, 5) is 12.2. The number of fused-ring (bicyclic) bond motifs is 1. The fourth-order valence-corrected chi connectivity index (χ4v) is 2.65. The first-order valence-corrected chi connectivity index (χ1v) is 6.38. The van der Waals surface area contributed by atoms with Crippen molar-refractivity contribution in [3.63, 3.8) is 0 Å². The molecule has 2 rings (SSSR count). The van der Waals surface area contributed by atoms with Crippen LogP contribution in [0.4, 0.5) is 0 Å². The van der Waals surface area contributed by atoms with Crippen LogP contribution < -0.4 is 5.73 Å². The smallest absolute Gasteiger partial charge is 0.312 e. The highest BCUT2D eigenvalue weighted by Gasteiger charge is 2.42. The van der Waals surface area contributed by atoms with Crippen LogP contribution in [0.3, 0.4) is 0 Å². The largest absolute Gasteiger partial charge is 0.460 e. The van der Waals surface area contributed by atoms with Crippen molar-refractivity contribution in [1.29, 1.82) is 0 Å². The predicted molar refractivity (Wildman–Crippen MR) is 71.1 cm³/mol. The number of hydrogen-bond donors (Lipinski definition) is 1. The second-order valence-electron chi connectivity index (χ2n) is 6.00. The molecule has 98 valence electrons. The van der Waals surface area contributed by atoms with E-state index in [-0.39, 0.29) is 23.8 Å². The Hall–Kier alpha value is -1.35. The van der Waals surface area contributed by atoms with Crippen LogP contribution in [0.25, 0.3) is 0 Å². The highest BCUT2D eigenvalue weighted by molar-refractivity contribution is 5.77. The molecule has 0 saturated heterocycles. The third-order valence-corrected chi connectivity index (χ3v) is 3.45. The molecule has 0 aromatic heterocycles. The van der Waals surface area contributed by atoms with Crippen LogP contribution in [0.5, 0.6) is 0 Å². The molecule has 3 atom stereocenters. The van der Waals surface area contributed by atoms with Gasteiger partial charge in [0.25, 0.3) is 0 Å². The maximum absolute atomic E-state index is 12.2. The molecule has 1 aromatic carbocycles. The minimum atomic E-state index is -0.467. The number of ether oxygens (including phenoxy) is 1. The van der Waals surface area contributed by atoms with Gasteiger partial charge in [-0.2, -0.15) is 0 Å². The first kappa shape index (κ1) is 13.1. The highest BCUT2D eigenvalue weighted by Crippen LogP contribution is 2.44. The summed E-state index contributed by atoms with van der Waals surface area (Å²) in [6.07, 6.45) is 0. The molecule has 0 aliphatic heterocycles. The van der Waals surface area contributed by atoms with Crippen molar-refractivity contribution >= 4 is 5.97 Å². The SMILES string of the molecule is CC1c2ccccc2[C@@H](N)[C@H]1C(=O)OC(C)(C)C. The number of hydrogen-bond acceptors (Lipinski definition) is 3. The lowest BCUT2D eigenvalue weighted by Gasteiger charge is -2.25. The van der Waals surface area contributed by atoms with Gasteiger partial charge in [0.1, 0.15) is 5.60 Å². The third-order valence-electron chi connectivity index (χ3n) is 3.45. The van der Waals surface area contributed by atoms with Crippen LogP contribution in [0.15, 0.2) is 24.3 Å². The molecule has 0 spiro atoms. The van der Waals surface area contributed by atoms with Gasteiger partial charge >= 0.3 is 5.97 Å². The van der Waals surface area contributed by atoms with Crippen molar-refractivity contribution in [2.75, 3.05) is 0 Å². The first-order chi connectivity index (χ1) is 8.31. The lowest BCUT2D eigenvalue weighted by molar-refractivity contribution is -0.161. The van der Waals surface area contributed by atoms with Gasteiger partial charge < -0.3 is 10.5 Å². The molecule has 0 saturated carbocycles. The van der Waals surface area contributed by atoms with Gasteiger partial charge in [0.2, 0.25) is 0 Å². The molecular formula is C15H21NO2.